The molecule has 0 aliphatic rings. The van der Waals surface area contributed by atoms with Crippen LogP contribution >= 0.6 is 0 Å². The Labute approximate surface area is 111 Å². The van der Waals surface area contributed by atoms with Crippen molar-refractivity contribution in [3.63, 3.8) is 0 Å². The molecule has 4 heteroatoms. The van der Waals surface area contributed by atoms with Crippen LogP contribution < -0.4 is 5.73 Å². The second-order valence-electron chi connectivity index (χ2n) is 5.08. The molecule has 4 nitrogen and oxygen atoms in total. The Balaban J connectivity index is 3.12. The molecule has 18 heavy (non-hydrogen) atoms. The van der Waals surface area contributed by atoms with Crippen molar-refractivity contribution in [3.8, 4) is 0 Å². The van der Waals surface area contributed by atoms with E-state index in [2.05, 4.69) is 0 Å². The van der Waals surface area contributed by atoms with Gasteiger partial charge in [0.15, 0.2) is 0 Å². The molecule has 0 aliphatic carbocycles. The van der Waals surface area contributed by atoms with Gasteiger partial charge >= 0.3 is 0 Å². The second kappa shape index (κ2) is 11.1. The van der Waals surface area contributed by atoms with E-state index in [1.165, 1.54) is 25.7 Å². The number of nitrogens with zero attached hydrogens (tertiary/aromatic N) is 1. The molecule has 0 fully saturated rings. The largest absolute Gasteiger partial charge is 0.370 e. The lowest BCUT2D eigenvalue weighted by molar-refractivity contribution is -0.128. The summed E-state index contributed by atoms with van der Waals surface area (Å²) in [5.74, 6) is 0.0296. The molecule has 0 aromatic carbocycles. The first-order valence-electron chi connectivity index (χ1n) is 7.02. The molecule has 106 valence electrons. The molecule has 0 aliphatic heterocycles. The molecule has 0 aromatic heterocycles. The van der Waals surface area contributed by atoms with E-state index in [-0.39, 0.29) is 11.8 Å². The number of unbranched alkanes of at least 4 members (excludes halogenated alkanes) is 7. The summed E-state index contributed by atoms with van der Waals surface area (Å²) in [6, 6.07) is 0. The zero-order chi connectivity index (χ0) is 13.8. The van der Waals surface area contributed by atoms with Crippen LogP contribution in [-0.4, -0.2) is 30.8 Å². The maximum Gasteiger partial charge on any atom is 0.222 e. The first-order chi connectivity index (χ1) is 8.54. The van der Waals surface area contributed by atoms with Gasteiger partial charge in [-0.3, -0.25) is 9.59 Å². The number of hydrogen-bond acceptors (Lipinski definition) is 2. The van der Waals surface area contributed by atoms with Crippen LogP contribution in [0.5, 0.6) is 0 Å². The van der Waals surface area contributed by atoms with Crippen molar-refractivity contribution in [1.82, 2.24) is 4.90 Å². The summed E-state index contributed by atoms with van der Waals surface area (Å²) in [6.45, 7) is 0. The number of carbonyl (C=O) groups is 2. The third kappa shape index (κ3) is 11.4. The zero-order valence-corrected chi connectivity index (χ0v) is 11.9. The lowest BCUT2D eigenvalue weighted by Gasteiger charge is -2.09. The Morgan fingerprint density at radius 2 is 1.17 bits per heavy atom. The van der Waals surface area contributed by atoms with Gasteiger partial charge < -0.3 is 10.6 Å². The van der Waals surface area contributed by atoms with Crippen LogP contribution in [0.4, 0.5) is 0 Å². The monoisotopic (exact) mass is 256 g/mol. The summed E-state index contributed by atoms with van der Waals surface area (Å²) in [4.78, 5) is 23.4. The van der Waals surface area contributed by atoms with Gasteiger partial charge in [-0.25, -0.2) is 0 Å². The Morgan fingerprint density at radius 1 is 0.778 bits per heavy atom. The van der Waals surface area contributed by atoms with E-state index in [1.807, 2.05) is 0 Å². The van der Waals surface area contributed by atoms with E-state index in [1.54, 1.807) is 19.0 Å². The van der Waals surface area contributed by atoms with E-state index >= 15 is 0 Å². The number of amides is 2. The van der Waals surface area contributed by atoms with Crippen molar-refractivity contribution in [3.05, 3.63) is 0 Å². The van der Waals surface area contributed by atoms with Crippen molar-refractivity contribution >= 4 is 11.8 Å². The predicted molar refractivity (Wildman–Crippen MR) is 74.1 cm³/mol. The Morgan fingerprint density at radius 3 is 1.56 bits per heavy atom. The molecule has 0 atom stereocenters. The van der Waals surface area contributed by atoms with Crippen molar-refractivity contribution in [2.24, 2.45) is 5.73 Å². The fourth-order valence-corrected chi connectivity index (χ4v) is 1.86. The summed E-state index contributed by atoms with van der Waals surface area (Å²) in [5, 5.41) is 0. The van der Waals surface area contributed by atoms with E-state index < -0.39 is 0 Å². The minimum Gasteiger partial charge on any atom is -0.370 e. The highest BCUT2D eigenvalue weighted by molar-refractivity contribution is 5.75. The number of primary amides is 1. The first kappa shape index (κ1) is 16.9. The molecule has 0 rings (SSSR count). The molecule has 0 radical (unpaired) electrons. The Bertz CT molecular complexity index is 240. The van der Waals surface area contributed by atoms with Crippen LogP contribution in [0.2, 0.25) is 0 Å². The fraction of sp³-hybridized carbons (Fsp3) is 0.857. The maximum atomic E-state index is 11.3. The van der Waals surface area contributed by atoms with Gasteiger partial charge in [0.05, 0.1) is 0 Å². The van der Waals surface area contributed by atoms with Gasteiger partial charge in [0.2, 0.25) is 11.8 Å². The molecule has 0 unspecified atom stereocenters. The summed E-state index contributed by atoms with van der Waals surface area (Å²) in [6.07, 6.45) is 10.2. The maximum absolute atomic E-state index is 11.3. The van der Waals surface area contributed by atoms with Crippen LogP contribution in [0.15, 0.2) is 0 Å². The average Bonchev–Trinajstić information content (AvgIpc) is 2.30. The van der Waals surface area contributed by atoms with Gasteiger partial charge in [-0.2, -0.15) is 0 Å². The molecule has 2 amide bonds. The highest BCUT2D eigenvalue weighted by Gasteiger charge is 2.02. The number of rotatable bonds is 11. The van der Waals surface area contributed by atoms with Gasteiger partial charge in [0.25, 0.3) is 0 Å². The molecule has 0 saturated carbocycles. The topological polar surface area (TPSA) is 63.4 Å². The third-order valence-electron chi connectivity index (χ3n) is 3.06. The molecular formula is C14H28N2O2. The van der Waals surface area contributed by atoms with Gasteiger partial charge in [-0.15, -0.1) is 0 Å². The molecule has 0 saturated heterocycles. The van der Waals surface area contributed by atoms with Crippen LogP contribution in [0.3, 0.4) is 0 Å². The standard InChI is InChI=1S/C14H28N2O2/c1-16(2)14(18)12-10-8-6-4-3-5-7-9-11-13(15)17/h3-12H2,1-2H3,(H2,15,17). The summed E-state index contributed by atoms with van der Waals surface area (Å²) in [7, 11) is 3.60. The smallest absolute Gasteiger partial charge is 0.222 e. The second-order valence-corrected chi connectivity index (χ2v) is 5.08. The van der Waals surface area contributed by atoms with Crippen molar-refractivity contribution < 1.29 is 9.59 Å². The van der Waals surface area contributed by atoms with E-state index in [4.69, 9.17) is 5.73 Å². The molecular weight excluding hydrogens is 228 g/mol. The minimum absolute atomic E-state index is 0.194. The minimum atomic E-state index is -0.194. The Kier molecular flexibility index (Phi) is 10.4. The highest BCUT2D eigenvalue weighted by atomic mass is 16.2. The van der Waals surface area contributed by atoms with Crippen molar-refractivity contribution in [1.29, 1.82) is 0 Å². The third-order valence-corrected chi connectivity index (χ3v) is 3.06. The summed E-state index contributed by atoms with van der Waals surface area (Å²) in [5.41, 5.74) is 5.06. The number of carbonyl (C=O) groups excluding carboxylic acids is 2. The van der Waals surface area contributed by atoms with Gasteiger partial charge in [-0.1, -0.05) is 38.5 Å². The molecule has 0 heterocycles. The average molecular weight is 256 g/mol. The predicted octanol–water partition coefficient (Wildman–Crippen LogP) is 2.46. The van der Waals surface area contributed by atoms with E-state index in [9.17, 15) is 9.59 Å². The molecule has 0 aromatic rings. The van der Waals surface area contributed by atoms with Crippen LogP contribution in [-0.2, 0) is 9.59 Å². The molecule has 0 spiro atoms. The van der Waals surface area contributed by atoms with Crippen LogP contribution in [0.25, 0.3) is 0 Å². The quantitative estimate of drug-likeness (QED) is 0.577. The zero-order valence-electron chi connectivity index (χ0n) is 11.9. The van der Waals surface area contributed by atoms with Crippen molar-refractivity contribution in [2.45, 2.75) is 64.2 Å². The fourth-order valence-electron chi connectivity index (χ4n) is 1.86. The SMILES string of the molecule is CN(C)C(=O)CCCCCCCCCCC(N)=O. The molecule has 0 bridgehead atoms. The van der Waals surface area contributed by atoms with E-state index in [0.717, 1.165) is 25.7 Å². The van der Waals surface area contributed by atoms with Crippen LogP contribution in [0, 0.1) is 0 Å². The van der Waals surface area contributed by atoms with Gasteiger partial charge in [0, 0.05) is 26.9 Å². The lowest BCUT2D eigenvalue weighted by atomic mass is 10.1. The first-order valence-corrected chi connectivity index (χ1v) is 7.02. The van der Waals surface area contributed by atoms with Crippen LogP contribution in [0.1, 0.15) is 64.2 Å². The number of nitrogens with two attached hydrogens (primary N) is 1. The highest BCUT2D eigenvalue weighted by Crippen LogP contribution is 2.10. The van der Waals surface area contributed by atoms with Gasteiger partial charge in [-0.05, 0) is 12.8 Å². The van der Waals surface area contributed by atoms with Crippen molar-refractivity contribution in [2.75, 3.05) is 14.1 Å². The lowest BCUT2D eigenvalue weighted by Crippen LogP contribution is -2.20. The summed E-state index contributed by atoms with van der Waals surface area (Å²) >= 11 is 0. The summed E-state index contributed by atoms with van der Waals surface area (Å²) < 4.78 is 0. The number of hydrogen-bond donors (Lipinski definition) is 1. The Hall–Kier alpha value is -1.06. The normalized spacial score (nSPS) is 10.3. The molecule has 2 N–H and O–H groups in total. The van der Waals surface area contributed by atoms with Gasteiger partial charge in [0.1, 0.15) is 0 Å². The van der Waals surface area contributed by atoms with E-state index in [0.29, 0.717) is 12.8 Å².